The lowest BCUT2D eigenvalue weighted by Crippen LogP contribution is -2.38. The van der Waals surface area contributed by atoms with Crippen LogP contribution in [0.2, 0.25) is 0 Å². The largest absolute Gasteiger partial charge is 0.362 e. The fourth-order valence-electron chi connectivity index (χ4n) is 3.30. The number of hydrogen-bond acceptors (Lipinski definition) is 2. The highest BCUT2D eigenvalue weighted by atomic mass is 16.2. The van der Waals surface area contributed by atoms with Crippen LogP contribution in [0.1, 0.15) is 24.1 Å². The Labute approximate surface area is 130 Å². The molecule has 0 spiro atoms. The van der Waals surface area contributed by atoms with Crippen molar-refractivity contribution in [2.24, 2.45) is 0 Å². The minimum absolute atomic E-state index is 0.0997. The van der Waals surface area contributed by atoms with Gasteiger partial charge in [0.2, 0.25) is 0 Å². The second-order valence-electron chi connectivity index (χ2n) is 5.90. The molecule has 1 aromatic carbocycles. The Morgan fingerprint density at radius 1 is 1.09 bits per heavy atom. The number of rotatable bonds is 3. The second-order valence-corrected chi connectivity index (χ2v) is 5.90. The normalized spacial score (nSPS) is 20.1. The Balaban J connectivity index is 1.71. The van der Waals surface area contributed by atoms with E-state index in [2.05, 4.69) is 9.88 Å². The van der Waals surface area contributed by atoms with E-state index in [4.69, 9.17) is 0 Å². The van der Waals surface area contributed by atoms with E-state index in [0.717, 1.165) is 35.6 Å². The average Bonchev–Trinajstić information content (AvgIpc) is 3.27. The number of anilines is 1. The number of benzene rings is 1. The quantitative estimate of drug-likeness (QED) is 0.884. The van der Waals surface area contributed by atoms with Crippen LogP contribution in [0.15, 0.2) is 42.6 Å². The van der Waals surface area contributed by atoms with E-state index >= 15 is 0 Å². The predicted molar refractivity (Wildman–Crippen MR) is 88.3 cm³/mol. The molecule has 22 heavy (non-hydrogen) atoms. The molecule has 0 radical (unpaired) electrons. The van der Waals surface area contributed by atoms with Gasteiger partial charge >= 0.3 is 0 Å². The van der Waals surface area contributed by atoms with Crippen molar-refractivity contribution in [1.29, 1.82) is 0 Å². The van der Waals surface area contributed by atoms with E-state index in [0.29, 0.717) is 6.67 Å². The Morgan fingerprint density at radius 2 is 1.91 bits per heavy atom. The fourth-order valence-corrected chi connectivity index (χ4v) is 3.30. The first kappa shape index (κ1) is 13.3. The van der Waals surface area contributed by atoms with Gasteiger partial charge in [-0.05, 0) is 50.2 Å². The van der Waals surface area contributed by atoms with Gasteiger partial charge in [-0.3, -0.25) is 14.6 Å². The highest BCUT2D eigenvalue weighted by Crippen LogP contribution is 2.37. The minimum Gasteiger partial charge on any atom is -0.362 e. The predicted octanol–water partition coefficient (Wildman–Crippen LogP) is 2.96. The Bertz CT molecular complexity index is 712. The molecule has 4 heteroatoms. The number of nitrogens with zero attached hydrogens (tertiary/aromatic N) is 2. The number of hydrogen-bond donors (Lipinski definition) is 1. The summed E-state index contributed by atoms with van der Waals surface area (Å²) in [5.41, 5.74) is 3.79. The van der Waals surface area contributed by atoms with Gasteiger partial charge in [-0.25, -0.2) is 0 Å². The van der Waals surface area contributed by atoms with Gasteiger partial charge in [-0.15, -0.1) is 0 Å². The third-order valence-electron chi connectivity index (χ3n) is 4.42. The summed E-state index contributed by atoms with van der Waals surface area (Å²) < 4.78 is 0. The van der Waals surface area contributed by atoms with Gasteiger partial charge < -0.3 is 4.98 Å². The Kier molecular flexibility index (Phi) is 3.31. The van der Waals surface area contributed by atoms with Gasteiger partial charge in [-0.2, -0.15) is 0 Å². The van der Waals surface area contributed by atoms with Crippen LogP contribution in [-0.2, 0) is 4.79 Å². The van der Waals surface area contributed by atoms with Crippen LogP contribution in [0.4, 0.5) is 5.69 Å². The van der Waals surface area contributed by atoms with Crippen LogP contribution < -0.4 is 4.90 Å². The molecular weight excluding hydrogens is 274 g/mol. The lowest BCUT2D eigenvalue weighted by Gasteiger charge is -2.24. The van der Waals surface area contributed by atoms with E-state index in [1.807, 2.05) is 53.6 Å². The average molecular weight is 293 g/mol. The lowest BCUT2D eigenvalue weighted by molar-refractivity contribution is -0.113. The molecule has 0 unspecified atom stereocenters. The molecule has 0 aliphatic carbocycles. The van der Waals surface area contributed by atoms with Crippen molar-refractivity contribution in [3.63, 3.8) is 0 Å². The maximum atomic E-state index is 12.9. The zero-order chi connectivity index (χ0) is 14.9. The smallest absolute Gasteiger partial charge is 0.260 e. The van der Waals surface area contributed by atoms with Crippen LogP contribution >= 0.6 is 0 Å². The zero-order valence-electron chi connectivity index (χ0n) is 12.5. The molecule has 1 fully saturated rings. The molecule has 2 aliphatic rings. The van der Waals surface area contributed by atoms with Crippen molar-refractivity contribution in [2.45, 2.75) is 12.8 Å². The monoisotopic (exact) mass is 293 g/mol. The number of nitrogens with one attached hydrogen (secondary N) is 1. The molecule has 3 heterocycles. The van der Waals surface area contributed by atoms with Gasteiger partial charge in [0, 0.05) is 17.5 Å². The molecule has 112 valence electrons. The molecule has 0 saturated carbocycles. The summed E-state index contributed by atoms with van der Waals surface area (Å²) in [5.74, 6) is 0.0997. The van der Waals surface area contributed by atoms with E-state index in [9.17, 15) is 4.79 Å². The van der Waals surface area contributed by atoms with E-state index < -0.39 is 0 Å². The second kappa shape index (κ2) is 5.46. The maximum Gasteiger partial charge on any atom is 0.260 e. The summed E-state index contributed by atoms with van der Waals surface area (Å²) in [6.45, 7) is 2.86. The molecule has 1 aromatic heterocycles. The number of carbonyl (C=O) groups is 1. The molecule has 0 atom stereocenters. The van der Waals surface area contributed by atoms with Crippen molar-refractivity contribution >= 4 is 23.2 Å². The van der Waals surface area contributed by atoms with Crippen LogP contribution in [0, 0.1) is 0 Å². The topological polar surface area (TPSA) is 39.3 Å². The lowest BCUT2D eigenvalue weighted by atomic mass is 10.1. The van der Waals surface area contributed by atoms with Gasteiger partial charge in [-0.1, -0.05) is 18.2 Å². The summed E-state index contributed by atoms with van der Waals surface area (Å²) in [7, 11) is 0. The Morgan fingerprint density at radius 3 is 2.68 bits per heavy atom. The number of carbonyl (C=O) groups excluding carboxylic acids is 1. The van der Waals surface area contributed by atoms with E-state index in [1.165, 1.54) is 12.8 Å². The summed E-state index contributed by atoms with van der Waals surface area (Å²) in [6.07, 6.45) is 6.29. The van der Waals surface area contributed by atoms with E-state index in [-0.39, 0.29) is 5.91 Å². The van der Waals surface area contributed by atoms with Gasteiger partial charge in [0.15, 0.2) is 0 Å². The van der Waals surface area contributed by atoms with Gasteiger partial charge in [0.1, 0.15) is 0 Å². The number of likely N-dealkylation sites (tertiary alicyclic amines) is 1. The molecule has 2 aromatic rings. The van der Waals surface area contributed by atoms with Crippen molar-refractivity contribution in [3.8, 4) is 0 Å². The Hall–Kier alpha value is -2.33. The van der Waals surface area contributed by atoms with Gasteiger partial charge in [0.05, 0.1) is 17.9 Å². The molecule has 4 nitrogen and oxygen atoms in total. The van der Waals surface area contributed by atoms with Crippen molar-refractivity contribution in [2.75, 3.05) is 24.7 Å². The van der Waals surface area contributed by atoms with Crippen LogP contribution in [0.25, 0.3) is 11.6 Å². The molecule has 1 amide bonds. The van der Waals surface area contributed by atoms with Crippen LogP contribution in [0.5, 0.6) is 0 Å². The number of aromatic nitrogens is 1. The molecule has 4 rings (SSSR count). The molecule has 1 saturated heterocycles. The molecular formula is C18H19N3O. The first-order chi connectivity index (χ1) is 10.8. The highest BCUT2D eigenvalue weighted by molar-refractivity contribution is 6.35. The number of H-pyrrole nitrogens is 1. The van der Waals surface area contributed by atoms with Crippen molar-refractivity contribution in [1.82, 2.24) is 9.88 Å². The minimum atomic E-state index is 0.0997. The summed E-state index contributed by atoms with van der Waals surface area (Å²) in [4.78, 5) is 20.3. The number of fused-ring (bicyclic) bond motifs is 1. The highest BCUT2D eigenvalue weighted by Gasteiger charge is 2.33. The van der Waals surface area contributed by atoms with Crippen molar-refractivity contribution < 1.29 is 4.79 Å². The first-order valence-corrected chi connectivity index (χ1v) is 7.81. The molecule has 2 aliphatic heterocycles. The maximum absolute atomic E-state index is 12.9. The molecule has 1 N–H and O–H groups in total. The van der Waals surface area contributed by atoms with Crippen molar-refractivity contribution in [3.05, 3.63) is 53.9 Å². The SMILES string of the molecule is O=C1/C(=C\c2ccc[nH]2)c2ccccc2N1CN1CCCC1. The summed E-state index contributed by atoms with van der Waals surface area (Å²) in [6, 6.07) is 12.0. The van der Waals surface area contributed by atoms with Crippen LogP contribution in [0.3, 0.4) is 0 Å². The summed E-state index contributed by atoms with van der Waals surface area (Å²) >= 11 is 0. The summed E-state index contributed by atoms with van der Waals surface area (Å²) in [5, 5.41) is 0. The fraction of sp³-hybridized carbons (Fsp3) is 0.278. The molecule has 0 bridgehead atoms. The number of amides is 1. The van der Waals surface area contributed by atoms with Gasteiger partial charge in [0.25, 0.3) is 5.91 Å². The zero-order valence-corrected chi connectivity index (χ0v) is 12.5. The standard InChI is InChI=1S/C18H19N3O/c22-18-16(12-14-6-5-9-19-14)15-7-1-2-8-17(15)21(18)13-20-10-3-4-11-20/h1-2,5-9,12,19H,3-4,10-11,13H2/b16-12-. The number of aromatic amines is 1. The third-order valence-corrected chi connectivity index (χ3v) is 4.42. The number of para-hydroxylation sites is 1. The third kappa shape index (κ3) is 2.25. The first-order valence-electron chi connectivity index (χ1n) is 7.81. The van der Waals surface area contributed by atoms with Crippen LogP contribution in [-0.4, -0.2) is 35.5 Å². The van der Waals surface area contributed by atoms with E-state index in [1.54, 1.807) is 0 Å².